The van der Waals surface area contributed by atoms with Gasteiger partial charge in [0.25, 0.3) is 0 Å². The second-order valence-corrected chi connectivity index (χ2v) is 2.28. The van der Waals surface area contributed by atoms with Gasteiger partial charge in [-0.3, -0.25) is 4.99 Å². The Morgan fingerprint density at radius 2 is 2.00 bits per heavy atom. The topological polar surface area (TPSA) is 36.2 Å². The lowest BCUT2D eigenvalue weighted by Crippen LogP contribution is -1.82. The van der Waals surface area contributed by atoms with E-state index in [0.717, 1.165) is 11.1 Å². The summed E-state index contributed by atoms with van der Waals surface area (Å²) in [6, 6.07) is 9.65. The number of rotatable bonds is 3. The van der Waals surface area contributed by atoms with E-state index in [9.17, 15) is 0 Å². The molecule has 0 spiro atoms. The second-order valence-electron chi connectivity index (χ2n) is 2.28. The van der Waals surface area contributed by atoms with Crippen LogP contribution in [0.3, 0.4) is 0 Å². The van der Waals surface area contributed by atoms with Crippen LogP contribution in [0.25, 0.3) is 5.57 Å². The van der Waals surface area contributed by atoms with Gasteiger partial charge in [-0.05, 0) is 12.3 Å². The van der Waals surface area contributed by atoms with E-state index < -0.39 is 0 Å². The molecule has 60 valence electrons. The molecule has 0 aliphatic heterocycles. The molecule has 1 aromatic carbocycles. The van der Waals surface area contributed by atoms with Gasteiger partial charge >= 0.3 is 0 Å². The lowest BCUT2D eigenvalue weighted by atomic mass is 10.1. The second kappa shape index (κ2) is 4.23. The smallest absolute Gasteiger partial charge is 0.0354 e. The van der Waals surface area contributed by atoms with Crippen LogP contribution in [0, 0.1) is 5.41 Å². The van der Waals surface area contributed by atoms with E-state index in [0.29, 0.717) is 0 Å². The third-order valence-electron chi connectivity index (χ3n) is 1.49. The Labute approximate surface area is 71.8 Å². The van der Waals surface area contributed by atoms with Crippen LogP contribution in [0.1, 0.15) is 5.56 Å². The maximum absolute atomic E-state index is 7.12. The number of allylic oxidation sites excluding steroid dienone is 1. The fraction of sp³-hybridized carbons (Fsp3) is 0. The summed E-state index contributed by atoms with van der Waals surface area (Å²) in [6.07, 6.45) is 2.84. The highest BCUT2D eigenvalue weighted by atomic mass is 14.6. The first-order valence-corrected chi connectivity index (χ1v) is 3.60. The van der Waals surface area contributed by atoms with Crippen molar-refractivity contribution >= 4 is 18.5 Å². The average Bonchev–Trinajstić information content (AvgIpc) is 2.15. The standard InChI is InChI=1S/C10H10N2/c1-12-8-10(7-11)9-5-3-2-4-6-9/h2-8,11H,1H2/b10-8+,11-7?. The van der Waals surface area contributed by atoms with Gasteiger partial charge in [0.05, 0.1) is 0 Å². The molecule has 2 nitrogen and oxygen atoms in total. The first-order chi connectivity index (χ1) is 5.88. The van der Waals surface area contributed by atoms with Gasteiger partial charge in [-0.1, -0.05) is 30.3 Å². The van der Waals surface area contributed by atoms with E-state index in [1.165, 1.54) is 6.21 Å². The first kappa shape index (κ1) is 8.40. The summed E-state index contributed by atoms with van der Waals surface area (Å²) >= 11 is 0. The fourth-order valence-electron chi connectivity index (χ4n) is 0.924. The molecule has 0 aromatic heterocycles. The minimum atomic E-state index is 0.769. The van der Waals surface area contributed by atoms with E-state index in [2.05, 4.69) is 11.7 Å². The van der Waals surface area contributed by atoms with E-state index >= 15 is 0 Å². The highest BCUT2D eigenvalue weighted by molar-refractivity contribution is 6.08. The molecule has 0 aliphatic rings. The summed E-state index contributed by atoms with van der Waals surface area (Å²) in [7, 11) is 0. The highest BCUT2D eigenvalue weighted by Gasteiger charge is 1.94. The number of hydrogen-bond donors (Lipinski definition) is 1. The van der Waals surface area contributed by atoms with Crippen molar-refractivity contribution in [2.45, 2.75) is 0 Å². The number of nitrogens with one attached hydrogen (secondary N) is 1. The number of aliphatic imine (C=N–C) groups is 1. The molecule has 0 saturated heterocycles. The Kier molecular flexibility index (Phi) is 2.96. The van der Waals surface area contributed by atoms with Gasteiger partial charge in [0.15, 0.2) is 0 Å². The van der Waals surface area contributed by atoms with Crippen LogP contribution in [0.15, 0.2) is 41.5 Å². The van der Waals surface area contributed by atoms with Gasteiger partial charge in [-0.25, -0.2) is 0 Å². The third kappa shape index (κ3) is 1.89. The van der Waals surface area contributed by atoms with Crippen LogP contribution in [-0.4, -0.2) is 12.9 Å². The van der Waals surface area contributed by atoms with Crippen LogP contribution in [0.2, 0.25) is 0 Å². The molecule has 0 fully saturated rings. The molecule has 0 saturated carbocycles. The van der Waals surface area contributed by atoms with Crippen molar-refractivity contribution in [1.82, 2.24) is 0 Å². The molecule has 0 radical (unpaired) electrons. The largest absolute Gasteiger partial charge is 0.308 e. The molecule has 1 aromatic rings. The van der Waals surface area contributed by atoms with E-state index in [4.69, 9.17) is 5.41 Å². The number of benzene rings is 1. The quantitative estimate of drug-likeness (QED) is 0.656. The Bertz CT molecular complexity index is 299. The summed E-state index contributed by atoms with van der Waals surface area (Å²) < 4.78 is 0. The van der Waals surface area contributed by atoms with Crippen LogP contribution in [-0.2, 0) is 0 Å². The van der Waals surface area contributed by atoms with Crippen molar-refractivity contribution in [1.29, 1.82) is 5.41 Å². The minimum absolute atomic E-state index is 0.769. The van der Waals surface area contributed by atoms with Crippen molar-refractivity contribution in [2.75, 3.05) is 0 Å². The average molecular weight is 158 g/mol. The number of hydrogen-bond acceptors (Lipinski definition) is 2. The zero-order valence-electron chi connectivity index (χ0n) is 6.70. The highest BCUT2D eigenvalue weighted by Crippen LogP contribution is 2.10. The van der Waals surface area contributed by atoms with Crippen LogP contribution in [0.4, 0.5) is 0 Å². The molecule has 0 heterocycles. The molecule has 0 aliphatic carbocycles. The maximum Gasteiger partial charge on any atom is 0.0354 e. The van der Waals surface area contributed by atoms with Gasteiger partial charge in [0.1, 0.15) is 0 Å². The van der Waals surface area contributed by atoms with E-state index in [1.807, 2.05) is 30.3 Å². The first-order valence-electron chi connectivity index (χ1n) is 3.60. The molecule has 1 N–H and O–H groups in total. The monoisotopic (exact) mass is 158 g/mol. The molecule has 0 unspecified atom stereocenters. The van der Waals surface area contributed by atoms with E-state index in [-0.39, 0.29) is 0 Å². The molecule has 0 amide bonds. The van der Waals surface area contributed by atoms with Gasteiger partial charge < -0.3 is 5.41 Å². The Morgan fingerprint density at radius 3 is 2.50 bits per heavy atom. The van der Waals surface area contributed by atoms with Gasteiger partial charge in [0, 0.05) is 18.0 Å². The Balaban J connectivity index is 3.03. The molecular formula is C10H10N2. The van der Waals surface area contributed by atoms with Crippen molar-refractivity contribution in [3.8, 4) is 0 Å². The predicted molar refractivity (Wildman–Crippen MR) is 52.8 cm³/mol. The zero-order valence-corrected chi connectivity index (χ0v) is 6.70. The maximum atomic E-state index is 7.12. The fourth-order valence-corrected chi connectivity index (χ4v) is 0.924. The summed E-state index contributed by atoms with van der Waals surface area (Å²) in [4.78, 5) is 3.62. The molecule has 0 atom stereocenters. The van der Waals surface area contributed by atoms with Crippen LogP contribution < -0.4 is 0 Å². The molecule has 2 heteroatoms. The SMILES string of the molecule is C=N/C=C(\C=N)c1ccccc1. The lowest BCUT2D eigenvalue weighted by Gasteiger charge is -1.97. The summed E-state index contributed by atoms with van der Waals surface area (Å²) in [5, 5.41) is 7.12. The molecular weight excluding hydrogens is 148 g/mol. The van der Waals surface area contributed by atoms with Crippen molar-refractivity contribution in [2.24, 2.45) is 4.99 Å². The van der Waals surface area contributed by atoms with Crippen LogP contribution in [0.5, 0.6) is 0 Å². The third-order valence-corrected chi connectivity index (χ3v) is 1.49. The van der Waals surface area contributed by atoms with Crippen molar-refractivity contribution in [3.05, 3.63) is 42.1 Å². The summed E-state index contributed by atoms with van der Waals surface area (Å²) in [6.45, 7) is 3.34. The van der Waals surface area contributed by atoms with Crippen LogP contribution >= 0.6 is 0 Å². The lowest BCUT2D eigenvalue weighted by molar-refractivity contribution is 1.54. The molecule has 0 bridgehead atoms. The molecule has 1 rings (SSSR count). The summed E-state index contributed by atoms with van der Waals surface area (Å²) in [5.74, 6) is 0. The Morgan fingerprint density at radius 1 is 1.33 bits per heavy atom. The van der Waals surface area contributed by atoms with Gasteiger partial charge in [0.2, 0.25) is 0 Å². The zero-order chi connectivity index (χ0) is 8.81. The van der Waals surface area contributed by atoms with E-state index in [1.54, 1.807) is 6.20 Å². The normalized spacial score (nSPS) is 10.8. The van der Waals surface area contributed by atoms with Crippen molar-refractivity contribution < 1.29 is 0 Å². The summed E-state index contributed by atoms with van der Waals surface area (Å²) in [5.41, 5.74) is 1.76. The number of nitrogens with zero attached hydrogens (tertiary/aromatic N) is 1. The minimum Gasteiger partial charge on any atom is -0.308 e. The van der Waals surface area contributed by atoms with Gasteiger partial charge in [-0.2, -0.15) is 0 Å². The van der Waals surface area contributed by atoms with Crippen molar-refractivity contribution in [3.63, 3.8) is 0 Å². The Hall–Kier alpha value is -1.70. The van der Waals surface area contributed by atoms with Gasteiger partial charge in [-0.15, -0.1) is 0 Å². The predicted octanol–water partition coefficient (Wildman–Crippen LogP) is 2.38. The molecule has 12 heavy (non-hydrogen) atoms.